The molecule has 0 aliphatic rings. The van der Waals surface area contributed by atoms with Gasteiger partial charge in [0.25, 0.3) is 5.91 Å². The summed E-state index contributed by atoms with van der Waals surface area (Å²) in [4.78, 5) is 12.1. The summed E-state index contributed by atoms with van der Waals surface area (Å²) < 4.78 is 5.13. The third-order valence-corrected chi connectivity index (χ3v) is 3.15. The molecule has 0 atom stereocenters. The SMILES string of the molecule is COc1cccc(CNC(=O)c2cc(N)ccc2Cl)c1. The molecule has 0 aliphatic heterocycles. The molecule has 0 aromatic heterocycles. The minimum absolute atomic E-state index is 0.259. The number of nitrogen functional groups attached to an aromatic ring is 1. The summed E-state index contributed by atoms with van der Waals surface area (Å²) in [5.41, 5.74) is 7.47. The number of halogens is 1. The lowest BCUT2D eigenvalue weighted by molar-refractivity contribution is 0.0951. The van der Waals surface area contributed by atoms with E-state index in [0.717, 1.165) is 11.3 Å². The van der Waals surface area contributed by atoms with Crippen molar-refractivity contribution in [2.45, 2.75) is 6.54 Å². The molecule has 0 bridgehead atoms. The van der Waals surface area contributed by atoms with Crippen LogP contribution in [0.2, 0.25) is 5.02 Å². The number of amides is 1. The molecular weight excluding hydrogens is 276 g/mol. The second-order valence-electron chi connectivity index (χ2n) is 4.27. The first-order valence-electron chi connectivity index (χ1n) is 6.06. The van der Waals surface area contributed by atoms with Gasteiger partial charge in [-0.25, -0.2) is 0 Å². The molecule has 0 heterocycles. The van der Waals surface area contributed by atoms with E-state index in [9.17, 15) is 4.79 Å². The fourth-order valence-electron chi connectivity index (χ4n) is 1.78. The number of hydrogen-bond donors (Lipinski definition) is 2. The highest BCUT2D eigenvalue weighted by Gasteiger charge is 2.10. The van der Waals surface area contributed by atoms with Crippen LogP contribution in [0.3, 0.4) is 0 Å². The van der Waals surface area contributed by atoms with E-state index in [1.54, 1.807) is 25.3 Å². The van der Waals surface area contributed by atoms with Crippen LogP contribution < -0.4 is 15.8 Å². The molecule has 0 radical (unpaired) electrons. The first-order chi connectivity index (χ1) is 9.60. The van der Waals surface area contributed by atoms with E-state index in [0.29, 0.717) is 22.8 Å². The van der Waals surface area contributed by atoms with Crippen LogP contribution in [0.25, 0.3) is 0 Å². The van der Waals surface area contributed by atoms with E-state index < -0.39 is 0 Å². The average molecular weight is 291 g/mol. The Kier molecular flexibility index (Phi) is 4.48. The molecule has 5 heteroatoms. The lowest BCUT2D eigenvalue weighted by Gasteiger charge is -2.08. The quantitative estimate of drug-likeness (QED) is 0.851. The molecule has 1 amide bonds. The number of rotatable bonds is 4. The Balaban J connectivity index is 2.06. The first kappa shape index (κ1) is 14.2. The van der Waals surface area contributed by atoms with Crippen LogP contribution in [0.4, 0.5) is 5.69 Å². The maximum Gasteiger partial charge on any atom is 0.253 e. The fraction of sp³-hybridized carbons (Fsp3) is 0.133. The van der Waals surface area contributed by atoms with Crippen molar-refractivity contribution in [3.8, 4) is 5.75 Å². The van der Waals surface area contributed by atoms with Gasteiger partial charge >= 0.3 is 0 Å². The Morgan fingerprint density at radius 2 is 2.10 bits per heavy atom. The average Bonchev–Trinajstić information content (AvgIpc) is 2.47. The molecule has 2 rings (SSSR count). The largest absolute Gasteiger partial charge is 0.497 e. The summed E-state index contributed by atoms with van der Waals surface area (Å²) in [5.74, 6) is 0.490. The first-order valence-corrected chi connectivity index (χ1v) is 6.44. The van der Waals surface area contributed by atoms with Gasteiger partial charge in [-0.3, -0.25) is 4.79 Å². The Labute approximate surface area is 122 Å². The Morgan fingerprint density at radius 1 is 1.30 bits per heavy atom. The fourth-order valence-corrected chi connectivity index (χ4v) is 1.98. The zero-order chi connectivity index (χ0) is 14.5. The minimum atomic E-state index is -0.259. The van der Waals surface area contributed by atoms with E-state index in [1.165, 1.54) is 0 Å². The van der Waals surface area contributed by atoms with Gasteiger partial charge in [0.15, 0.2) is 0 Å². The summed E-state index contributed by atoms with van der Waals surface area (Å²) in [5, 5.41) is 3.18. The van der Waals surface area contributed by atoms with Gasteiger partial charge in [0.1, 0.15) is 5.75 Å². The molecule has 0 saturated carbocycles. The molecule has 0 spiro atoms. The van der Waals surface area contributed by atoms with Gasteiger partial charge < -0.3 is 15.8 Å². The predicted octanol–water partition coefficient (Wildman–Crippen LogP) is 2.86. The molecule has 104 valence electrons. The number of hydrogen-bond acceptors (Lipinski definition) is 3. The number of nitrogens with one attached hydrogen (secondary N) is 1. The number of ether oxygens (including phenoxy) is 1. The topological polar surface area (TPSA) is 64.3 Å². The highest BCUT2D eigenvalue weighted by molar-refractivity contribution is 6.34. The predicted molar refractivity (Wildman–Crippen MR) is 80.0 cm³/mol. The Morgan fingerprint density at radius 3 is 2.85 bits per heavy atom. The second kappa shape index (κ2) is 6.30. The third kappa shape index (κ3) is 3.42. The number of carbonyl (C=O) groups is 1. The van der Waals surface area contributed by atoms with E-state index in [2.05, 4.69) is 5.32 Å². The van der Waals surface area contributed by atoms with Gasteiger partial charge in [-0.1, -0.05) is 23.7 Å². The summed E-state index contributed by atoms with van der Waals surface area (Å²) in [7, 11) is 1.60. The summed E-state index contributed by atoms with van der Waals surface area (Å²) in [6.07, 6.45) is 0. The third-order valence-electron chi connectivity index (χ3n) is 2.82. The molecule has 4 nitrogen and oxygen atoms in total. The molecule has 0 aliphatic carbocycles. The lowest BCUT2D eigenvalue weighted by atomic mass is 10.1. The standard InChI is InChI=1S/C15H15ClN2O2/c1-20-12-4-2-3-10(7-12)9-18-15(19)13-8-11(17)5-6-14(13)16/h2-8H,9,17H2,1H3,(H,18,19). The van der Waals surface area contributed by atoms with Crippen LogP contribution in [0.5, 0.6) is 5.75 Å². The molecule has 0 saturated heterocycles. The van der Waals surface area contributed by atoms with Gasteiger partial charge in [0.05, 0.1) is 17.7 Å². The van der Waals surface area contributed by atoms with Crippen LogP contribution >= 0.6 is 11.6 Å². The van der Waals surface area contributed by atoms with Crippen molar-refractivity contribution in [2.75, 3.05) is 12.8 Å². The van der Waals surface area contributed by atoms with E-state index in [4.69, 9.17) is 22.1 Å². The Bertz CT molecular complexity index is 629. The maximum absolute atomic E-state index is 12.1. The summed E-state index contributed by atoms with van der Waals surface area (Å²) >= 11 is 5.98. The number of benzene rings is 2. The monoisotopic (exact) mass is 290 g/mol. The van der Waals surface area contributed by atoms with Crippen LogP contribution in [0, 0.1) is 0 Å². The van der Waals surface area contributed by atoms with Crippen molar-refractivity contribution in [1.29, 1.82) is 0 Å². The normalized spacial score (nSPS) is 10.1. The smallest absolute Gasteiger partial charge is 0.253 e. The van der Waals surface area contributed by atoms with Crippen molar-refractivity contribution in [3.05, 3.63) is 58.6 Å². The Hall–Kier alpha value is -2.20. The van der Waals surface area contributed by atoms with Crippen LogP contribution in [0.1, 0.15) is 15.9 Å². The van der Waals surface area contributed by atoms with E-state index in [-0.39, 0.29) is 5.91 Å². The number of methoxy groups -OCH3 is 1. The maximum atomic E-state index is 12.1. The second-order valence-corrected chi connectivity index (χ2v) is 4.68. The number of nitrogens with two attached hydrogens (primary N) is 1. The number of carbonyl (C=O) groups excluding carboxylic acids is 1. The molecule has 2 aromatic rings. The van der Waals surface area contributed by atoms with Gasteiger partial charge in [-0.2, -0.15) is 0 Å². The van der Waals surface area contributed by atoms with Gasteiger partial charge in [-0.05, 0) is 35.9 Å². The van der Waals surface area contributed by atoms with Crippen molar-refractivity contribution in [1.82, 2.24) is 5.32 Å². The van der Waals surface area contributed by atoms with E-state index >= 15 is 0 Å². The van der Waals surface area contributed by atoms with Gasteiger partial charge in [0, 0.05) is 12.2 Å². The highest BCUT2D eigenvalue weighted by Crippen LogP contribution is 2.19. The number of anilines is 1. The van der Waals surface area contributed by atoms with Crippen LogP contribution in [0.15, 0.2) is 42.5 Å². The van der Waals surface area contributed by atoms with Crippen LogP contribution in [-0.4, -0.2) is 13.0 Å². The van der Waals surface area contributed by atoms with Crippen molar-refractivity contribution in [3.63, 3.8) is 0 Å². The highest BCUT2D eigenvalue weighted by atomic mass is 35.5. The zero-order valence-corrected chi connectivity index (χ0v) is 11.8. The lowest BCUT2D eigenvalue weighted by Crippen LogP contribution is -2.23. The van der Waals surface area contributed by atoms with Crippen LogP contribution in [-0.2, 0) is 6.54 Å². The summed E-state index contributed by atoms with van der Waals surface area (Å²) in [6.45, 7) is 0.390. The van der Waals surface area contributed by atoms with Crippen molar-refractivity contribution >= 4 is 23.2 Å². The van der Waals surface area contributed by atoms with Gasteiger partial charge in [0.2, 0.25) is 0 Å². The summed E-state index contributed by atoms with van der Waals surface area (Å²) in [6, 6.07) is 12.3. The van der Waals surface area contributed by atoms with Gasteiger partial charge in [-0.15, -0.1) is 0 Å². The molecule has 0 unspecified atom stereocenters. The molecule has 3 N–H and O–H groups in total. The molecule has 2 aromatic carbocycles. The van der Waals surface area contributed by atoms with Crippen molar-refractivity contribution < 1.29 is 9.53 Å². The molecular formula is C15H15ClN2O2. The molecule has 0 fully saturated rings. The zero-order valence-electron chi connectivity index (χ0n) is 11.0. The minimum Gasteiger partial charge on any atom is -0.497 e. The van der Waals surface area contributed by atoms with Crippen molar-refractivity contribution in [2.24, 2.45) is 0 Å². The molecule has 20 heavy (non-hydrogen) atoms. The van der Waals surface area contributed by atoms with E-state index in [1.807, 2.05) is 24.3 Å².